The number of nitrogens with one attached hydrogen (secondary N) is 9. The fourth-order valence-electron chi connectivity index (χ4n) is 5.39. The average molecular weight is 862 g/mol. The molecule has 10 atom stereocenters. The zero-order valence-corrected chi connectivity index (χ0v) is 35.2. The SMILES string of the molecule is CC[C@H](C)[C@H](NC(=O)[C@@H](CCCNC(=N)N)NC(=O)[C@H](CC(C)C)NC(=O)[C@@H](N)[C@H](O)C(C)C)C(=O)N[C@H](C(=O)NCC(=O)N[C@@H](CO)C(=O)N[C@@H](CO)C(=O)O)[C@H](C)O. The molecule has 0 aromatic heterocycles. The summed E-state index contributed by atoms with van der Waals surface area (Å²) in [6.45, 7) is 8.76. The third kappa shape index (κ3) is 19.7. The maximum Gasteiger partial charge on any atom is 0.328 e. The maximum atomic E-state index is 13.9. The van der Waals surface area contributed by atoms with Crippen LogP contribution in [0.2, 0.25) is 0 Å². The van der Waals surface area contributed by atoms with Gasteiger partial charge >= 0.3 is 5.97 Å². The third-order valence-corrected chi connectivity index (χ3v) is 9.22. The molecule has 0 fully saturated rings. The minimum Gasteiger partial charge on any atom is -0.480 e. The van der Waals surface area contributed by atoms with Crippen molar-refractivity contribution in [3.05, 3.63) is 0 Å². The molecular formula is C36H67N11O13. The molecule has 24 nitrogen and oxygen atoms in total. The Hall–Kier alpha value is -5.17. The van der Waals surface area contributed by atoms with Gasteiger partial charge in [0.25, 0.3) is 0 Å². The Morgan fingerprint density at radius 3 is 1.65 bits per heavy atom. The van der Waals surface area contributed by atoms with Crippen LogP contribution in [0.1, 0.15) is 74.1 Å². The van der Waals surface area contributed by atoms with Crippen LogP contribution in [0.15, 0.2) is 0 Å². The van der Waals surface area contributed by atoms with E-state index in [0.29, 0.717) is 6.42 Å². The number of nitrogens with two attached hydrogens (primary N) is 2. The molecule has 0 spiro atoms. The van der Waals surface area contributed by atoms with Gasteiger partial charge in [-0.15, -0.1) is 0 Å². The quantitative estimate of drug-likeness (QED) is 0.0198. The van der Waals surface area contributed by atoms with Crippen LogP contribution >= 0.6 is 0 Å². The number of amides is 7. The monoisotopic (exact) mass is 861 g/mol. The molecule has 0 aromatic rings. The number of aliphatic carboxylic acids is 1. The normalized spacial score (nSPS) is 16.2. The van der Waals surface area contributed by atoms with Crippen LogP contribution < -0.4 is 54.0 Å². The maximum absolute atomic E-state index is 13.9. The smallest absolute Gasteiger partial charge is 0.328 e. The zero-order chi connectivity index (χ0) is 46.4. The Morgan fingerprint density at radius 1 is 0.650 bits per heavy atom. The lowest BCUT2D eigenvalue weighted by Gasteiger charge is -2.30. The minimum atomic E-state index is -1.72. The van der Waals surface area contributed by atoms with Gasteiger partial charge in [0.15, 0.2) is 5.96 Å². The van der Waals surface area contributed by atoms with E-state index in [4.69, 9.17) is 27.1 Å². The molecule has 7 amide bonds. The molecule has 24 heteroatoms. The summed E-state index contributed by atoms with van der Waals surface area (Å²) in [5.41, 5.74) is 11.3. The standard InChI is InChI=1S/C36H67N11O13/c1-8-18(6)26(34(58)47-27(19(7)50)33(57)41-13-24(51)42-22(14-48)31(55)45-23(15-49)35(59)60)46-29(53)20(10-9-11-40-36(38)39)43-30(54)21(12-16(2)3)44-32(56)25(37)28(52)17(4)5/h16-23,25-28,48-50,52H,8-15,37H2,1-7H3,(H,41,57)(H,42,51)(H,43,54)(H,44,56)(H,45,55)(H,46,53)(H,47,58)(H,59,60)(H4,38,39,40)/t18-,19-,20+,21-,22-,23-,25-,26-,27-,28+/m0/s1. The van der Waals surface area contributed by atoms with Crippen molar-refractivity contribution in [3.8, 4) is 0 Å². The molecule has 0 aromatic carbocycles. The number of hydrogen-bond donors (Lipinski definition) is 16. The van der Waals surface area contributed by atoms with E-state index in [1.165, 1.54) is 0 Å². The molecule has 0 aliphatic carbocycles. The first-order valence-corrected chi connectivity index (χ1v) is 19.6. The Bertz CT molecular complexity index is 1470. The third-order valence-electron chi connectivity index (χ3n) is 9.22. The van der Waals surface area contributed by atoms with Gasteiger partial charge < -0.3 is 79.5 Å². The van der Waals surface area contributed by atoms with Gasteiger partial charge in [-0.25, -0.2) is 4.79 Å². The Labute approximate surface area is 349 Å². The van der Waals surface area contributed by atoms with Crippen molar-refractivity contribution in [3.63, 3.8) is 0 Å². The highest BCUT2D eigenvalue weighted by atomic mass is 16.4. The van der Waals surface area contributed by atoms with Crippen LogP contribution in [0.3, 0.4) is 0 Å². The highest BCUT2D eigenvalue weighted by Crippen LogP contribution is 2.12. The highest BCUT2D eigenvalue weighted by molar-refractivity contribution is 5.97. The predicted octanol–water partition coefficient (Wildman–Crippen LogP) is -5.84. The predicted molar refractivity (Wildman–Crippen MR) is 215 cm³/mol. The number of aliphatic hydroxyl groups is 4. The van der Waals surface area contributed by atoms with Crippen molar-refractivity contribution >= 4 is 53.3 Å². The van der Waals surface area contributed by atoms with E-state index in [1.807, 2.05) is 5.32 Å². The zero-order valence-electron chi connectivity index (χ0n) is 35.2. The van der Waals surface area contributed by atoms with E-state index in [0.717, 1.165) is 6.92 Å². The fraction of sp³-hybridized carbons (Fsp3) is 0.750. The number of aliphatic hydroxyl groups excluding tert-OH is 4. The molecule has 0 unspecified atom stereocenters. The van der Waals surface area contributed by atoms with Crippen molar-refractivity contribution in [2.75, 3.05) is 26.3 Å². The van der Waals surface area contributed by atoms with Gasteiger partial charge in [-0.05, 0) is 43.9 Å². The number of guanidine groups is 1. The van der Waals surface area contributed by atoms with Gasteiger partial charge in [-0.3, -0.25) is 39.0 Å². The molecule has 0 bridgehead atoms. The van der Waals surface area contributed by atoms with Crippen LogP contribution in [0, 0.1) is 23.2 Å². The first kappa shape index (κ1) is 54.8. The number of rotatable bonds is 28. The number of carboxylic acids is 1. The van der Waals surface area contributed by atoms with Crippen LogP contribution in [0.5, 0.6) is 0 Å². The number of hydrogen-bond acceptors (Lipinski definition) is 14. The summed E-state index contributed by atoms with van der Waals surface area (Å²) in [5, 5.41) is 74.7. The highest BCUT2D eigenvalue weighted by Gasteiger charge is 2.36. The molecule has 0 aliphatic heterocycles. The summed E-state index contributed by atoms with van der Waals surface area (Å²) in [5.74, 6) is -9.56. The van der Waals surface area contributed by atoms with Crippen molar-refractivity contribution in [2.24, 2.45) is 29.2 Å². The van der Waals surface area contributed by atoms with Crippen LogP contribution in [0.4, 0.5) is 0 Å². The summed E-state index contributed by atoms with van der Waals surface area (Å²) in [7, 11) is 0. The van der Waals surface area contributed by atoms with Gasteiger partial charge in [-0.2, -0.15) is 0 Å². The summed E-state index contributed by atoms with van der Waals surface area (Å²) in [6, 6.07) is -10.3. The summed E-state index contributed by atoms with van der Waals surface area (Å²) < 4.78 is 0. The van der Waals surface area contributed by atoms with E-state index in [-0.39, 0.29) is 43.6 Å². The molecular weight excluding hydrogens is 794 g/mol. The largest absolute Gasteiger partial charge is 0.480 e. The molecule has 18 N–H and O–H groups in total. The van der Waals surface area contributed by atoms with Crippen LogP contribution in [0.25, 0.3) is 0 Å². The minimum absolute atomic E-state index is 0.0399. The second kappa shape index (κ2) is 27.6. The summed E-state index contributed by atoms with van der Waals surface area (Å²) >= 11 is 0. The van der Waals surface area contributed by atoms with Gasteiger partial charge in [0.2, 0.25) is 41.4 Å². The van der Waals surface area contributed by atoms with Crippen molar-refractivity contribution in [1.29, 1.82) is 5.41 Å². The first-order valence-electron chi connectivity index (χ1n) is 19.6. The molecule has 0 radical (unpaired) electrons. The Morgan fingerprint density at radius 2 is 1.17 bits per heavy atom. The lowest BCUT2D eigenvalue weighted by atomic mass is 9.96. The molecule has 0 saturated carbocycles. The van der Waals surface area contributed by atoms with Gasteiger partial charge in [0.05, 0.1) is 32.0 Å². The van der Waals surface area contributed by atoms with E-state index in [1.54, 1.807) is 41.5 Å². The van der Waals surface area contributed by atoms with E-state index in [9.17, 15) is 53.7 Å². The topological polar surface area (TPSA) is 410 Å². The van der Waals surface area contributed by atoms with E-state index in [2.05, 4.69) is 37.2 Å². The van der Waals surface area contributed by atoms with Crippen molar-refractivity contribution < 1.29 is 63.9 Å². The molecule has 0 aliphatic rings. The van der Waals surface area contributed by atoms with Gasteiger partial charge in [0, 0.05) is 6.54 Å². The second-order valence-electron chi connectivity index (χ2n) is 15.2. The number of carboxylic acid groups (broad SMARTS) is 1. The molecule has 344 valence electrons. The van der Waals surface area contributed by atoms with Crippen molar-refractivity contribution in [2.45, 2.75) is 129 Å². The lowest BCUT2D eigenvalue weighted by molar-refractivity contribution is -0.143. The number of carbonyl (C=O) groups is 8. The average Bonchev–Trinajstić information content (AvgIpc) is 3.17. The summed E-state index contributed by atoms with van der Waals surface area (Å²) in [4.78, 5) is 103. The lowest BCUT2D eigenvalue weighted by Crippen LogP contribution is -2.62. The Kier molecular flexibility index (Phi) is 25.2. The summed E-state index contributed by atoms with van der Waals surface area (Å²) in [6.07, 6.45) is -2.17. The molecule has 60 heavy (non-hydrogen) atoms. The number of carbonyl (C=O) groups excluding carboxylic acids is 7. The van der Waals surface area contributed by atoms with Crippen LogP contribution in [-0.4, -0.2) is 160 Å². The molecule has 0 saturated heterocycles. The van der Waals surface area contributed by atoms with Crippen molar-refractivity contribution in [1.82, 2.24) is 42.5 Å². The molecule has 0 rings (SSSR count). The second-order valence-corrected chi connectivity index (χ2v) is 15.2. The van der Waals surface area contributed by atoms with Gasteiger partial charge in [0.1, 0.15) is 42.3 Å². The van der Waals surface area contributed by atoms with E-state index >= 15 is 0 Å². The first-order chi connectivity index (χ1) is 27.9. The van der Waals surface area contributed by atoms with Gasteiger partial charge in [-0.1, -0.05) is 48.0 Å². The fourth-order valence-corrected chi connectivity index (χ4v) is 5.39. The molecule has 0 heterocycles. The van der Waals surface area contributed by atoms with E-state index < -0.39 is 127 Å². The van der Waals surface area contributed by atoms with Crippen LogP contribution in [-0.2, 0) is 38.4 Å². The Balaban J connectivity index is 6.16.